The first kappa shape index (κ1) is 58.8. The normalized spacial score (nSPS) is 13.6. The van der Waals surface area contributed by atoms with Crippen LogP contribution in [0.3, 0.4) is 0 Å². The lowest BCUT2D eigenvalue weighted by Gasteiger charge is -2.24. The molecule has 0 spiro atoms. The minimum absolute atomic E-state index is 0.0667. The van der Waals surface area contributed by atoms with Crippen molar-refractivity contribution in [2.24, 2.45) is 0 Å². The monoisotopic (exact) mass is 856 g/mol. The summed E-state index contributed by atoms with van der Waals surface area (Å²) in [6.07, 6.45) is 58.9. The zero-order chi connectivity index (χ0) is 44.5. The van der Waals surface area contributed by atoms with Gasteiger partial charge in [-0.15, -0.1) is 0 Å². The van der Waals surface area contributed by atoms with Crippen molar-refractivity contribution in [3.63, 3.8) is 0 Å². The van der Waals surface area contributed by atoms with E-state index >= 15 is 0 Å². The highest BCUT2D eigenvalue weighted by Gasteiger charge is 2.24. The molecule has 0 aromatic rings. The Hall–Kier alpha value is -2.18. The average molecular weight is 856 g/mol. The smallest absolute Gasteiger partial charge is 0.306 e. The predicted octanol–water partition coefficient (Wildman–Crippen LogP) is 15.8. The third-order valence-electron chi connectivity index (χ3n) is 11.9. The minimum atomic E-state index is -0.791. The molecule has 0 bridgehead atoms. The predicted molar refractivity (Wildman–Crippen MR) is 264 cm³/mol. The molecule has 3 atom stereocenters. The van der Waals surface area contributed by atoms with Gasteiger partial charge in [-0.1, -0.05) is 236 Å². The van der Waals surface area contributed by atoms with Gasteiger partial charge in [0.1, 0.15) is 6.10 Å². The van der Waals surface area contributed by atoms with E-state index in [1.807, 2.05) is 0 Å². The molecule has 61 heavy (non-hydrogen) atoms. The number of ether oxygens (including phenoxy) is 1. The van der Waals surface area contributed by atoms with Crippen LogP contribution in [0.15, 0.2) is 48.6 Å². The summed E-state index contributed by atoms with van der Waals surface area (Å²) < 4.78 is 5.91. The lowest BCUT2D eigenvalue weighted by Crippen LogP contribution is -2.46. The summed E-state index contributed by atoms with van der Waals surface area (Å²) in [5.74, 6) is -0.504. The van der Waals surface area contributed by atoms with Crippen LogP contribution in [0.1, 0.15) is 265 Å². The summed E-state index contributed by atoms with van der Waals surface area (Å²) in [6.45, 7) is 6.37. The highest BCUT2D eigenvalue weighted by Crippen LogP contribution is 2.18. The van der Waals surface area contributed by atoms with Gasteiger partial charge in [-0.05, 0) is 64.2 Å². The largest absolute Gasteiger partial charge is 0.462 e. The molecular formula is C55H101NO5. The van der Waals surface area contributed by atoms with E-state index in [2.05, 4.69) is 74.7 Å². The Morgan fingerprint density at radius 1 is 0.492 bits per heavy atom. The fraction of sp³-hybridized carbons (Fsp3) is 0.818. The summed E-state index contributed by atoms with van der Waals surface area (Å²) in [5.41, 5.74) is 0. The molecule has 1 amide bonds. The van der Waals surface area contributed by atoms with Crippen molar-refractivity contribution in [1.82, 2.24) is 5.32 Å². The van der Waals surface area contributed by atoms with Crippen LogP contribution < -0.4 is 5.32 Å². The minimum Gasteiger partial charge on any atom is -0.462 e. The summed E-state index contributed by atoms with van der Waals surface area (Å²) in [5, 5.41) is 23.8. The number of carbonyl (C=O) groups is 2. The Bertz CT molecular complexity index is 1050. The van der Waals surface area contributed by atoms with E-state index in [0.29, 0.717) is 19.3 Å². The molecule has 0 aliphatic carbocycles. The molecule has 356 valence electrons. The molecular weight excluding hydrogens is 755 g/mol. The zero-order valence-corrected chi connectivity index (χ0v) is 40.5. The number of rotatable bonds is 47. The number of esters is 1. The molecule has 0 aromatic carbocycles. The van der Waals surface area contributed by atoms with Crippen LogP contribution in [-0.4, -0.2) is 46.9 Å². The maximum atomic E-state index is 13.2. The van der Waals surface area contributed by atoms with Gasteiger partial charge in [-0.25, -0.2) is 0 Å². The quantitative estimate of drug-likeness (QED) is 0.0322. The summed E-state index contributed by atoms with van der Waals surface area (Å²) >= 11 is 0. The Labute approximate surface area is 378 Å². The van der Waals surface area contributed by atoms with E-state index < -0.39 is 18.2 Å². The highest BCUT2D eigenvalue weighted by molar-refractivity contribution is 5.77. The second-order valence-corrected chi connectivity index (χ2v) is 17.9. The Kier molecular flexibility index (Phi) is 47.1. The molecule has 0 fully saturated rings. The molecule has 3 unspecified atom stereocenters. The first-order valence-corrected chi connectivity index (χ1v) is 26.4. The van der Waals surface area contributed by atoms with Crippen LogP contribution in [0, 0.1) is 0 Å². The fourth-order valence-corrected chi connectivity index (χ4v) is 7.95. The van der Waals surface area contributed by atoms with Crippen LogP contribution >= 0.6 is 0 Å². The van der Waals surface area contributed by atoms with Gasteiger partial charge in [-0.2, -0.15) is 0 Å². The van der Waals surface area contributed by atoms with Gasteiger partial charge in [0.25, 0.3) is 0 Å². The standard InChI is InChI=1S/C55H101NO5/c1-4-7-10-13-16-19-22-24-26-28-30-32-35-38-41-44-47-53(58)52(50-57)56-54(59)49-51(46-43-40-37-34-21-18-15-12-9-6-3)61-55(60)48-45-42-39-36-33-31-29-27-25-23-20-17-14-11-8-5-2/h8,11,17,20,25,27,31,33,51-53,57-58H,4-7,9-10,12-16,18-19,21-24,26,28-30,32,34-50H2,1-3H3,(H,56,59)/b11-8+,20-17+,27-25+,33-31+. The molecule has 0 aliphatic heterocycles. The topological polar surface area (TPSA) is 95.9 Å². The molecule has 6 nitrogen and oxygen atoms in total. The molecule has 0 aromatic heterocycles. The van der Waals surface area contributed by atoms with Gasteiger partial charge in [0.05, 0.1) is 25.2 Å². The Morgan fingerprint density at radius 3 is 1.33 bits per heavy atom. The van der Waals surface area contributed by atoms with E-state index in [1.165, 1.54) is 128 Å². The van der Waals surface area contributed by atoms with Crippen LogP contribution in [0.4, 0.5) is 0 Å². The van der Waals surface area contributed by atoms with Crippen molar-refractivity contribution in [1.29, 1.82) is 0 Å². The fourth-order valence-electron chi connectivity index (χ4n) is 7.95. The van der Waals surface area contributed by atoms with Crippen molar-refractivity contribution in [3.05, 3.63) is 48.6 Å². The molecule has 0 radical (unpaired) electrons. The van der Waals surface area contributed by atoms with Gasteiger partial charge in [-0.3, -0.25) is 9.59 Å². The molecule has 6 heteroatoms. The number of nitrogens with one attached hydrogen (secondary N) is 1. The first-order chi connectivity index (χ1) is 30.0. The van der Waals surface area contributed by atoms with E-state index in [1.54, 1.807) is 0 Å². The van der Waals surface area contributed by atoms with Gasteiger partial charge in [0.15, 0.2) is 0 Å². The van der Waals surface area contributed by atoms with E-state index in [4.69, 9.17) is 4.74 Å². The molecule has 3 N–H and O–H groups in total. The van der Waals surface area contributed by atoms with E-state index in [-0.39, 0.29) is 24.9 Å². The number of aliphatic hydroxyl groups excluding tert-OH is 2. The number of aliphatic hydroxyl groups is 2. The van der Waals surface area contributed by atoms with E-state index in [9.17, 15) is 19.8 Å². The molecule has 0 saturated carbocycles. The summed E-state index contributed by atoms with van der Waals surface area (Å²) in [4.78, 5) is 26.1. The lowest BCUT2D eigenvalue weighted by molar-refractivity contribution is -0.151. The van der Waals surface area contributed by atoms with Crippen molar-refractivity contribution < 1.29 is 24.5 Å². The Balaban J connectivity index is 4.51. The van der Waals surface area contributed by atoms with Gasteiger partial charge >= 0.3 is 5.97 Å². The van der Waals surface area contributed by atoms with Crippen LogP contribution in [0.5, 0.6) is 0 Å². The van der Waals surface area contributed by atoms with Crippen LogP contribution in [0.25, 0.3) is 0 Å². The number of amides is 1. The van der Waals surface area contributed by atoms with Crippen molar-refractivity contribution in [2.45, 2.75) is 283 Å². The maximum Gasteiger partial charge on any atom is 0.306 e. The summed E-state index contributed by atoms with van der Waals surface area (Å²) in [6, 6.07) is -0.706. The molecule has 0 rings (SSSR count). The van der Waals surface area contributed by atoms with Crippen LogP contribution in [0.2, 0.25) is 0 Å². The van der Waals surface area contributed by atoms with Gasteiger partial charge < -0.3 is 20.3 Å². The highest BCUT2D eigenvalue weighted by atomic mass is 16.5. The first-order valence-electron chi connectivity index (χ1n) is 26.4. The summed E-state index contributed by atoms with van der Waals surface area (Å²) in [7, 11) is 0. The number of allylic oxidation sites excluding steroid dienone is 8. The van der Waals surface area contributed by atoms with E-state index in [0.717, 1.165) is 89.9 Å². The van der Waals surface area contributed by atoms with Gasteiger partial charge in [0, 0.05) is 6.42 Å². The third kappa shape index (κ3) is 44.2. The SMILES string of the molecule is CC/C=C/C/C=C/C/C=C/C/C=C/CCCCCC(=O)OC(CCCCCCCCCCCC)CC(=O)NC(CO)C(O)CCCCCCCCCCCCCCCCCC. The second-order valence-electron chi connectivity index (χ2n) is 17.9. The van der Waals surface area contributed by atoms with Crippen molar-refractivity contribution in [3.8, 4) is 0 Å². The zero-order valence-electron chi connectivity index (χ0n) is 40.5. The average Bonchev–Trinajstić information content (AvgIpc) is 3.25. The number of unbranched alkanes of at least 4 members (excludes halogenated alkanes) is 27. The van der Waals surface area contributed by atoms with Crippen LogP contribution in [-0.2, 0) is 14.3 Å². The van der Waals surface area contributed by atoms with Crippen molar-refractivity contribution >= 4 is 11.9 Å². The number of carbonyl (C=O) groups excluding carboxylic acids is 2. The molecule has 0 saturated heterocycles. The third-order valence-corrected chi connectivity index (χ3v) is 11.9. The number of hydrogen-bond donors (Lipinski definition) is 3. The lowest BCUT2D eigenvalue weighted by atomic mass is 10.0. The maximum absolute atomic E-state index is 13.2. The van der Waals surface area contributed by atoms with Crippen molar-refractivity contribution in [2.75, 3.05) is 6.61 Å². The van der Waals surface area contributed by atoms with Gasteiger partial charge in [0.2, 0.25) is 5.91 Å². The second kappa shape index (κ2) is 48.8. The molecule has 0 aliphatic rings. The molecule has 0 heterocycles. The Morgan fingerprint density at radius 2 is 0.885 bits per heavy atom. The number of hydrogen-bond acceptors (Lipinski definition) is 5.